The Morgan fingerprint density at radius 3 is 2.28 bits per heavy atom. The molecule has 3 aromatic rings. The lowest BCUT2D eigenvalue weighted by molar-refractivity contribution is -0.128. The van der Waals surface area contributed by atoms with Crippen LogP contribution in [0, 0.1) is 0 Å². The molecule has 46 heavy (non-hydrogen) atoms. The number of unbranched alkanes of at least 4 members (excludes halogenated alkanes) is 1. The van der Waals surface area contributed by atoms with E-state index in [0.29, 0.717) is 36.3 Å². The van der Waals surface area contributed by atoms with Gasteiger partial charge in [0.25, 0.3) is 0 Å². The zero-order valence-electron chi connectivity index (χ0n) is 26.4. The number of carbonyl (C=O) groups is 4. The molecule has 1 heterocycles. The maximum absolute atomic E-state index is 13.6. The minimum atomic E-state index is -0.825. The Hall–Kier alpha value is -5.16. The van der Waals surface area contributed by atoms with Gasteiger partial charge in [-0.05, 0) is 67.2 Å². The van der Waals surface area contributed by atoms with E-state index >= 15 is 0 Å². The van der Waals surface area contributed by atoms with Crippen molar-refractivity contribution in [2.45, 2.75) is 58.7 Å². The predicted octanol–water partition coefficient (Wildman–Crippen LogP) is 4.82. The molecule has 0 saturated carbocycles. The monoisotopic (exact) mass is 624 g/mol. The molecule has 0 fully saturated rings. The summed E-state index contributed by atoms with van der Waals surface area (Å²) >= 11 is 0. The van der Waals surface area contributed by atoms with Gasteiger partial charge in [-0.15, -0.1) is 0 Å². The van der Waals surface area contributed by atoms with Gasteiger partial charge in [-0.2, -0.15) is 10.2 Å². The highest BCUT2D eigenvalue weighted by Gasteiger charge is 2.25. The molecule has 0 saturated heterocycles. The minimum absolute atomic E-state index is 0.0639. The van der Waals surface area contributed by atoms with Crippen molar-refractivity contribution >= 4 is 46.3 Å². The van der Waals surface area contributed by atoms with Crippen molar-refractivity contribution in [3.8, 4) is 0 Å². The van der Waals surface area contributed by atoms with Crippen molar-refractivity contribution in [3.05, 3.63) is 95.1 Å². The Bertz CT molecular complexity index is 1630. The number of para-hydroxylation sites is 1. The van der Waals surface area contributed by atoms with Crippen molar-refractivity contribution < 1.29 is 24.3 Å². The average Bonchev–Trinajstić information content (AvgIpc) is 3.06. The summed E-state index contributed by atoms with van der Waals surface area (Å²) in [6, 6.07) is 21.5. The van der Waals surface area contributed by atoms with Gasteiger partial charge in [0, 0.05) is 31.1 Å². The van der Waals surface area contributed by atoms with E-state index < -0.39 is 17.9 Å². The summed E-state index contributed by atoms with van der Waals surface area (Å²) in [5.41, 5.74) is 6.57. The van der Waals surface area contributed by atoms with E-state index in [9.17, 15) is 19.2 Å². The number of hydrogen-bond donors (Lipinski definition) is 4. The van der Waals surface area contributed by atoms with Gasteiger partial charge < -0.3 is 26.0 Å². The molecule has 11 nitrogen and oxygen atoms in total. The van der Waals surface area contributed by atoms with Gasteiger partial charge in [0.15, 0.2) is 0 Å². The molecule has 0 aromatic heterocycles. The van der Waals surface area contributed by atoms with Crippen molar-refractivity contribution in [1.82, 2.24) is 10.6 Å². The minimum Gasteiger partial charge on any atom is -0.392 e. The van der Waals surface area contributed by atoms with Gasteiger partial charge in [0.05, 0.1) is 31.1 Å². The first-order valence-electron chi connectivity index (χ1n) is 15.3. The number of anilines is 2. The van der Waals surface area contributed by atoms with E-state index in [4.69, 9.17) is 5.11 Å². The lowest BCUT2D eigenvalue weighted by Gasteiger charge is -2.29. The van der Waals surface area contributed by atoms with E-state index in [1.54, 1.807) is 43.1 Å². The molecule has 1 aliphatic heterocycles. The number of carbonyl (C=O) groups excluding carboxylic acids is 4. The zero-order valence-corrected chi connectivity index (χ0v) is 26.4. The van der Waals surface area contributed by atoms with Gasteiger partial charge in [-0.25, -0.2) is 0 Å². The molecule has 11 heteroatoms. The number of benzene rings is 3. The number of allylic oxidation sites excluding steroid dienone is 1. The van der Waals surface area contributed by atoms with Gasteiger partial charge >= 0.3 is 0 Å². The fourth-order valence-electron chi connectivity index (χ4n) is 5.24. The SMILES string of the molecule is C/N=N\C1=C(/C)c2ccccc2CN(C(=O)CCCCC(=O)NCC(=O)N[C@@H](C)C(=O)Nc2ccc(CO)cc2)c2ccccc21. The molecule has 3 aromatic carbocycles. The molecule has 240 valence electrons. The van der Waals surface area contributed by atoms with E-state index in [0.717, 1.165) is 28.0 Å². The van der Waals surface area contributed by atoms with Crippen molar-refractivity contribution in [2.75, 3.05) is 23.8 Å². The summed E-state index contributed by atoms with van der Waals surface area (Å²) in [4.78, 5) is 52.5. The second kappa shape index (κ2) is 16.2. The summed E-state index contributed by atoms with van der Waals surface area (Å²) in [5, 5.41) is 25.4. The predicted molar refractivity (Wildman–Crippen MR) is 177 cm³/mol. The van der Waals surface area contributed by atoms with Crippen LogP contribution in [0.15, 0.2) is 83.0 Å². The van der Waals surface area contributed by atoms with E-state index in [2.05, 4.69) is 26.2 Å². The fourth-order valence-corrected chi connectivity index (χ4v) is 5.24. The first kappa shape index (κ1) is 33.7. The number of aliphatic hydroxyl groups is 1. The van der Waals surface area contributed by atoms with Crippen molar-refractivity contribution in [2.24, 2.45) is 10.2 Å². The van der Waals surface area contributed by atoms with Gasteiger partial charge in [0.1, 0.15) is 6.04 Å². The summed E-state index contributed by atoms with van der Waals surface area (Å²) < 4.78 is 0. The highest BCUT2D eigenvalue weighted by Crippen LogP contribution is 2.38. The number of nitrogens with zero attached hydrogens (tertiary/aromatic N) is 3. The molecule has 0 aliphatic carbocycles. The maximum atomic E-state index is 13.6. The Morgan fingerprint density at radius 2 is 1.57 bits per heavy atom. The second-order valence-electron chi connectivity index (χ2n) is 11.0. The molecule has 0 unspecified atom stereocenters. The average molecular weight is 625 g/mol. The lowest BCUT2D eigenvalue weighted by Crippen LogP contribution is -2.45. The standard InChI is InChI=1S/C35H40N6O5/c1-23-28-11-5-4-10-26(28)21-41(30-13-7-6-12-29(30)34(23)40-36-3)33(45)15-9-8-14-31(43)37-20-32(44)38-24(2)35(46)39-27-18-16-25(22-42)17-19-27/h4-7,10-13,16-19,24,42H,8-9,14-15,20-22H2,1-3H3,(H,37,43)(H,38,44)(H,39,46)/b34-23+,40-36-/t24-/m0/s1. The molecule has 1 atom stereocenters. The van der Waals surface area contributed by atoms with Crippen LogP contribution in [-0.2, 0) is 32.3 Å². The molecule has 4 amide bonds. The highest BCUT2D eigenvalue weighted by atomic mass is 16.3. The topological polar surface area (TPSA) is 153 Å². The zero-order chi connectivity index (χ0) is 33.1. The van der Waals surface area contributed by atoms with Crippen LogP contribution < -0.4 is 20.9 Å². The van der Waals surface area contributed by atoms with Crippen LogP contribution in [0.4, 0.5) is 11.4 Å². The van der Waals surface area contributed by atoms with Gasteiger partial charge in [-0.3, -0.25) is 19.2 Å². The Labute approximate surface area is 268 Å². The Morgan fingerprint density at radius 1 is 0.891 bits per heavy atom. The summed E-state index contributed by atoms with van der Waals surface area (Å²) in [6.07, 6.45) is 1.36. The number of amides is 4. The molecular weight excluding hydrogens is 584 g/mol. The van der Waals surface area contributed by atoms with Crippen molar-refractivity contribution in [1.29, 1.82) is 0 Å². The van der Waals surface area contributed by atoms with Crippen LogP contribution >= 0.6 is 0 Å². The molecule has 4 N–H and O–H groups in total. The molecule has 0 bridgehead atoms. The van der Waals surface area contributed by atoms with Crippen LogP contribution in [0.25, 0.3) is 11.3 Å². The summed E-state index contributed by atoms with van der Waals surface area (Å²) in [5.74, 6) is -1.29. The normalized spacial score (nSPS) is 14.8. The van der Waals surface area contributed by atoms with E-state index in [-0.39, 0.29) is 37.8 Å². The third-order valence-corrected chi connectivity index (χ3v) is 7.72. The molecule has 0 spiro atoms. The number of aliphatic hydroxyl groups excluding tert-OH is 1. The van der Waals surface area contributed by atoms with Crippen LogP contribution in [0.1, 0.15) is 61.8 Å². The van der Waals surface area contributed by atoms with E-state index in [1.807, 2.05) is 55.5 Å². The second-order valence-corrected chi connectivity index (χ2v) is 11.0. The number of azo groups is 1. The molecular formula is C35H40N6O5. The summed E-state index contributed by atoms with van der Waals surface area (Å²) in [6.45, 7) is 3.60. The fraction of sp³-hybridized carbons (Fsp3) is 0.314. The first-order chi connectivity index (χ1) is 22.2. The quantitative estimate of drug-likeness (QED) is 0.168. The van der Waals surface area contributed by atoms with Crippen LogP contribution in [0.5, 0.6) is 0 Å². The van der Waals surface area contributed by atoms with Crippen LogP contribution in [0.3, 0.4) is 0 Å². The largest absolute Gasteiger partial charge is 0.392 e. The first-order valence-corrected chi connectivity index (χ1v) is 15.3. The number of rotatable bonds is 12. The smallest absolute Gasteiger partial charge is 0.246 e. The number of fused-ring (bicyclic) bond motifs is 2. The molecule has 1 aliphatic rings. The van der Waals surface area contributed by atoms with Crippen molar-refractivity contribution in [3.63, 3.8) is 0 Å². The van der Waals surface area contributed by atoms with Gasteiger partial charge in [-0.1, -0.05) is 54.6 Å². The molecule has 4 rings (SSSR count). The molecule has 0 radical (unpaired) electrons. The van der Waals surface area contributed by atoms with E-state index in [1.165, 1.54) is 0 Å². The maximum Gasteiger partial charge on any atom is 0.246 e. The Kier molecular flexibility index (Phi) is 11.9. The summed E-state index contributed by atoms with van der Waals surface area (Å²) in [7, 11) is 1.63. The van der Waals surface area contributed by atoms with Gasteiger partial charge in [0.2, 0.25) is 23.6 Å². The third kappa shape index (κ3) is 8.72. The Balaban J connectivity index is 1.26. The number of hydrogen-bond acceptors (Lipinski definition) is 7. The van der Waals surface area contributed by atoms with Crippen LogP contribution in [-0.4, -0.2) is 48.4 Å². The van der Waals surface area contributed by atoms with Crippen LogP contribution in [0.2, 0.25) is 0 Å². The highest BCUT2D eigenvalue weighted by molar-refractivity contribution is 6.01. The third-order valence-electron chi connectivity index (χ3n) is 7.72. The number of nitrogens with one attached hydrogen (secondary N) is 3. The lowest BCUT2D eigenvalue weighted by atomic mass is 9.93.